The Kier molecular flexibility index (Phi) is 6.23. The Morgan fingerprint density at radius 3 is 2.48 bits per heavy atom. The Morgan fingerprint density at radius 1 is 1.21 bits per heavy atom. The summed E-state index contributed by atoms with van der Waals surface area (Å²) in [6.07, 6.45) is 3.11. The van der Waals surface area contributed by atoms with Gasteiger partial charge in [0, 0.05) is 26.1 Å². The minimum Gasteiger partial charge on any atom is -0.454 e. The van der Waals surface area contributed by atoms with Crippen molar-refractivity contribution in [1.82, 2.24) is 14.5 Å². The number of benzene rings is 1. The highest BCUT2D eigenvalue weighted by Gasteiger charge is 2.38. The van der Waals surface area contributed by atoms with Crippen LogP contribution in [0, 0.1) is 0 Å². The molecule has 1 heterocycles. The van der Waals surface area contributed by atoms with Crippen LogP contribution in [0.2, 0.25) is 0 Å². The lowest BCUT2D eigenvalue weighted by Gasteiger charge is -2.33. The summed E-state index contributed by atoms with van der Waals surface area (Å²) in [5, 5.41) is 2.77. The van der Waals surface area contributed by atoms with Crippen LogP contribution >= 0.6 is 0 Å². The number of carbonyl (C=O) groups is 3. The minimum atomic E-state index is -3.66. The molecule has 0 bridgehead atoms. The van der Waals surface area contributed by atoms with Gasteiger partial charge in [-0.05, 0) is 24.0 Å². The van der Waals surface area contributed by atoms with Crippen molar-refractivity contribution in [2.45, 2.75) is 37.9 Å². The predicted molar refractivity (Wildman–Crippen MR) is 104 cm³/mol. The van der Waals surface area contributed by atoms with Crippen LogP contribution in [-0.4, -0.2) is 73.9 Å². The summed E-state index contributed by atoms with van der Waals surface area (Å²) in [6, 6.07) is 6.46. The van der Waals surface area contributed by atoms with Crippen LogP contribution in [0.25, 0.3) is 0 Å². The SMILES string of the molecule is CN(CC(=O)NC1CC1)C(=O)COC(=O)[C@@H]1Cc2ccccc2CN1S(C)(=O)=O. The fourth-order valence-corrected chi connectivity index (χ4v) is 4.19. The topological polar surface area (TPSA) is 113 Å². The third-order valence-electron chi connectivity index (χ3n) is 4.99. The first-order valence-electron chi connectivity index (χ1n) is 9.38. The lowest BCUT2D eigenvalue weighted by atomic mass is 9.96. The van der Waals surface area contributed by atoms with E-state index in [0.29, 0.717) is 0 Å². The molecule has 2 aliphatic rings. The van der Waals surface area contributed by atoms with Gasteiger partial charge in [-0.2, -0.15) is 4.31 Å². The monoisotopic (exact) mass is 423 g/mol. The molecular formula is C19H25N3O6S. The van der Waals surface area contributed by atoms with E-state index in [1.54, 1.807) is 0 Å². The number of nitrogens with zero attached hydrogens (tertiary/aromatic N) is 2. The van der Waals surface area contributed by atoms with Gasteiger partial charge in [-0.25, -0.2) is 8.42 Å². The van der Waals surface area contributed by atoms with E-state index in [-0.39, 0.29) is 31.5 Å². The van der Waals surface area contributed by atoms with Crippen LogP contribution in [0.3, 0.4) is 0 Å². The Morgan fingerprint density at radius 2 is 1.86 bits per heavy atom. The van der Waals surface area contributed by atoms with Gasteiger partial charge >= 0.3 is 5.97 Å². The molecule has 1 N–H and O–H groups in total. The van der Waals surface area contributed by atoms with Gasteiger partial charge in [0.1, 0.15) is 6.04 Å². The molecule has 1 atom stereocenters. The number of carbonyl (C=O) groups excluding carboxylic acids is 3. The molecule has 0 aromatic heterocycles. The molecule has 0 unspecified atom stereocenters. The molecule has 0 radical (unpaired) electrons. The van der Waals surface area contributed by atoms with Crippen molar-refractivity contribution in [2.75, 3.05) is 26.5 Å². The van der Waals surface area contributed by atoms with Crippen LogP contribution in [0.1, 0.15) is 24.0 Å². The average Bonchev–Trinajstić information content (AvgIpc) is 3.47. The molecular weight excluding hydrogens is 398 g/mol. The maximum absolute atomic E-state index is 12.6. The highest BCUT2D eigenvalue weighted by Crippen LogP contribution is 2.26. The summed E-state index contributed by atoms with van der Waals surface area (Å²) in [6.45, 7) is -0.606. The summed E-state index contributed by atoms with van der Waals surface area (Å²) in [5.41, 5.74) is 1.70. The van der Waals surface area contributed by atoms with Gasteiger partial charge in [-0.15, -0.1) is 0 Å². The molecule has 1 aliphatic heterocycles. The van der Waals surface area contributed by atoms with Crippen molar-refractivity contribution in [3.05, 3.63) is 35.4 Å². The van der Waals surface area contributed by atoms with Gasteiger partial charge in [0.05, 0.1) is 12.8 Å². The molecule has 2 amide bonds. The van der Waals surface area contributed by atoms with Crippen LogP contribution < -0.4 is 5.32 Å². The molecule has 10 heteroatoms. The molecule has 1 fully saturated rings. The maximum atomic E-state index is 12.6. The van der Waals surface area contributed by atoms with Gasteiger partial charge in [-0.1, -0.05) is 24.3 Å². The van der Waals surface area contributed by atoms with Gasteiger partial charge < -0.3 is 15.0 Å². The van der Waals surface area contributed by atoms with Crippen LogP contribution in [0.4, 0.5) is 0 Å². The van der Waals surface area contributed by atoms with E-state index in [1.165, 1.54) is 11.9 Å². The quantitative estimate of drug-likeness (QED) is 0.600. The van der Waals surface area contributed by atoms with E-state index in [2.05, 4.69) is 5.32 Å². The molecule has 9 nitrogen and oxygen atoms in total. The summed E-state index contributed by atoms with van der Waals surface area (Å²) < 4.78 is 30.5. The summed E-state index contributed by atoms with van der Waals surface area (Å²) in [7, 11) is -2.21. The lowest BCUT2D eigenvalue weighted by molar-refractivity contribution is -0.155. The number of esters is 1. The molecule has 1 aliphatic carbocycles. The zero-order valence-electron chi connectivity index (χ0n) is 16.5. The van der Waals surface area contributed by atoms with Gasteiger partial charge in [0.25, 0.3) is 5.91 Å². The number of ether oxygens (including phenoxy) is 1. The second kappa shape index (κ2) is 8.50. The third kappa shape index (κ3) is 5.54. The fourth-order valence-electron chi connectivity index (χ4n) is 3.19. The predicted octanol–water partition coefficient (Wildman–Crippen LogP) is -0.347. The van der Waals surface area contributed by atoms with Crippen LogP contribution in [0.15, 0.2) is 24.3 Å². The van der Waals surface area contributed by atoms with Crippen molar-refractivity contribution in [3.8, 4) is 0 Å². The lowest BCUT2D eigenvalue weighted by Crippen LogP contribution is -2.49. The van der Waals surface area contributed by atoms with E-state index in [1.807, 2.05) is 24.3 Å². The number of hydrogen-bond acceptors (Lipinski definition) is 6. The first-order valence-corrected chi connectivity index (χ1v) is 11.2. The summed E-state index contributed by atoms with van der Waals surface area (Å²) in [5.74, 6) is -1.58. The van der Waals surface area contributed by atoms with Crippen molar-refractivity contribution in [2.24, 2.45) is 0 Å². The second-order valence-corrected chi connectivity index (χ2v) is 9.43. The third-order valence-corrected chi connectivity index (χ3v) is 6.23. The van der Waals surface area contributed by atoms with Crippen molar-refractivity contribution >= 4 is 27.8 Å². The highest BCUT2D eigenvalue weighted by molar-refractivity contribution is 7.88. The Hall–Kier alpha value is -2.46. The fraction of sp³-hybridized carbons (Fsp3) is 0.526. The number of sulfonamides is 1. The largest absolute Gasteiger partial charge is 0.454 e. The zero-order valence-corrected chi connectivity index (χ0v) is 17.3. The van der Waals surface area contributed by atoms with Crippen molar-refractivity contribution in [1.29, 1.82) is 0 Å². The number of amides is 2. The Balaban J connectivity index is 1.59. The smallest absolute Gasteiger partial charge is 0.325 e. The Labute approximate surface area is 170 Å². The number of hydrogen-bond donors (Lipinski definition) is 1. The Bertz CT molecular complexity index is 912. The molecule has 3 rings (SSSR count). The van der Waals surface area contributed by atoms with Crippen molar-refractivity contribution in [3.63, 3.8) is 0 Å². The zero-order chi connectivity index (χ0) is 21.2. The van der Waals surface area contributed by atoms with E-state index in [4.69, 9.17) is 4.74 Å². The van der Waals surface area contributed by atoms with Gasteiger partial charge in [-0.3, -0.25) is 14.4 Å². The summed E-state index contributed by atoms with van der Waals surface area (Å²) in [4.78, 5) is 37.7. The number of nitrogens with one attached hydrogen (secondary N) is 1. The van der Waals surface area contributed by atoms with E-state index in [0.717, 1.165) is 34.5 Å². The first kappa shape index (κ1) is 21.3. The van der Waals surface area contributed by atoms with Crippen LogP contribution in [-0.2, 0) is 42.1 Å². The number of rotatable bonds is 7. The molecule has 29 heavy (non-hydrogen) atoms. The molecule has 1 aromatic rings. The van der Waals surface area contributed by atoms with E-state index in [9.17, 15) is 22.8 Å². The molecule has 1 saturated carbocycles. The molecule has 1 aromatic carbocycles. The second-order valence-electron chi connectivity index (χ2n) is 7.50. The minimum absolute atomic E-state index is 0.0734. The number of likely N-dealkylation sites (N-methyl/N-ethyl adjacent to an activating group) is 1. The average molecular weight is 423 g/mol. The van der Waals surface area contributed by atoms with E-state index >= 15 is 0 Å². The molecule has 0 spiro atoms. The first-order chi connectivity index (χ1) is 13.6. The highest BCUT2D eigenvalue weighted by atomic mass is 32.2. The summed E-state index contributed by atoms with van der Waals surface area (Å²) >= 11 is 0. The van der Waals surface area contributed by atoms with Gasteiger partial charge in [0.2, 0.25) is 15.9 Å². The molecule has 158 valence electrons. The van der Waals surface area contributed by atoms with Crippen molar-refractivity contribution < 1.29 is 27.5 Å². The van der Waals surface area contributed by atoms with E-state index < -0.39 is 34.5 Å². The maximum Gasteiger partial charge on any atom is 0.325 e. The van der Waals surface area contributed by atoms with Crippen LogP contribution in [0.5, 0.6) is 0 Å². The van der Waals surface area contributed by atoms with Gasteiger partial charge in [0.15, 0.2) is 6.61 Å². The normalized spacial score (nSPS) is 19.2. The molecule has 0 saturated heterocycles. The standard InChI is InChI=1S/C19H25N3O6S/c1-21(11-17(23)20-15-7-8-15)18(24)12-28-19(25)16-9-13-5-3-4-6-14(13)10-22(16)29(2,26)27/h3-6,15-16H,7-12H2,1-2H3,(H,20,23)/t16-/m0/s1. The number of fused-ring (bicyclic) bond motifs is 1.